The summed E-state index contributed by atoms with van der Waals surface area (Å²) in [6.45, 7) is 0. The fourth-order valence-corrected chi connectivity index (χ4v) is 2.94. The monoisotopic (exact) mass is 251 g/mol. The van der Waals surface area contributed by atoms with Gasteiger partial charge in [0.05, 0.1) is 0 Å². The first-order valence-electron chi connectivity index (χ1n) is 5.97. The Morgan fingerprint density at radius 3 is 1.84 bits per heavy atom. The van der Waals surface area contributed by atoms with Crippen LogP contribution < -0.4 is 5.32 Å². The Morgan fingerprint density at radius 1 is 0.842 bits per heavy atom. The van der Waals surface area contributed by atoms with Crippen molar-refractivity contribution in [2.75, 3.05) is 0 Å². The van der Waals surface area contributed by atoms with Gasteiger partial charge in [0, 0.05) is 11.1 Å². The molecule has 0 radical (unpaired) electrons. The van der Waals surface area contributed by atoms with Crippen molar-refractivity contribution in [3.63, 3.8) is 0 Å². The van der Waals surface area contributed by atoms with Crippen LogP contribution >= 0.6 is 0 Å². The summed E-state index contributed by atoms with van der Waals surface area (Å²) in [6.07, 6.45) is -0.698. The minimum Gasteiger partial charge on any atom is -0.422 e. The minimum atomic E-state index is -1.32. The van der Waals surface area contributed by atoms with E-state index in [4.69, 9.17) is 4.74 Å². The Kier molecular flexibility index (Phi) is 1.75. The molecule has 1 aliphatic carbocycles. The largest absolute Gasteiger partial charge is 0.422 e. The van der Waals surface area contributed by atoms with Crippen molar-refractivity contribution >= 4 is 12.0 Å². The van der Waals surface area contributed by atoms with Crippen LogP contribution in [-0.2, 0) is 15.1 Å². The van der Waals surface area contributed by atoms with E-state index in [2.05, 4.69) is 5.32 Å². The molecule has 4 rings (SSSR count). The number of imide groups is 1. The Morgan fingerprint density at radius 2 is 1.37 bits per heavy atom. The number of carbonyl (C=O) groups excluding carboxylic acids is 2. The van der Waals surface area contributed by atoms with Crippen LogP contribution in [0.25, 0.3) is 11.1 Å². The number of fused-ring (bicyclic) bond motifs is 5. The lowest BCUT2D eigenvalue weighted by atomic mass is 9.91. The maximum absolute atomic E-state index is 12.3. The van der Waals surface area contributed by atoms with Gasteiger partial charge in [-0.15, -0.1) is 0 Å². The van der Waals surface area contributed by atoms with Crippen molar-refractivity contribution < 1.29 is 14.3 Å². The number of rotatable bonds is 0. The summed E-state index contributed by atoms with van der Waals surface area (Å²) in [6, 6.07) is 15.0. The fourth-order valence-electron chi connectivity index (χ4n) is 2.94. The molecule has 2 aromatic carbocycles. The van der Waals surface area contributed by atoms with Crippen molar-refractivity contribution in [2.24, 2.45) is 0 Å². The Bertz CT molecular complexity index is 690. The van der Waals surface area contributed by atoms with E-state index in [0.29, 0.717) is 0 Å². The molecule has 2 amide bonds. The molecule has 0 bridgehead atoms. The van der Waals surface area contributed by atoms with Crippen molar-refractivity contribution in [3.8, 4) is 11.1 Å². The van der Waals surface area contributed by atoms with E-state index in [0.717, 1.165) is 22.3 Å². The first-order valence-corrected chi connectivity index (χ1v) is 5.97. The van der Waals surface area contributed by atoms with E-state index in [1.54, 1.807) is 0 Å². The van der Waals surface area contributed by atoms with E-state index in [1.807, 2.05) is 48.5 Å². The summed E-state index contributed by atoms with van der Waals surface area (Å²) in [4.78, 5) is 23.8. The van der Waals surface area contributed by atoms with Crippen LogP contribution in [-0.4, -0.2) is 12.0 Å². The number of benzene rings is 2. The van der Waals surface area contributed by atoms with Crippen LogP contribution in [0, 0.1) is 0 Å². The SMILES string of the molecule is O=C1NC(=O)C2(O1)c1ccccc1-c1ccccc12. The van der Waals surface area contributed by atoms with Crippen molar-refractivity contribution in [1.82, 2.24) is 5.32 Å². The van der Waals surface area contributed by atoms with E-state index in [-0.39, 0.29) is 0 Å². The predicted octanol–water partition coefficient (Wildman–Crippen LogP) is 2.18. The van der Waals surface area contributed by atoms with Crippen LogP contribution in [0.1, 0.15) is 11.1 Å². The number of ether oxygens (including phenoxy) is 1. The second kappa shape index (κ2) is 3.23. The highest BCUT2D eigenvalue weighted by molar-refractivity contribution is 6.09. The third-order valence-electron chi connectivity index (χ3n) is 3.68. The summed E-state index contributed by atoms with van der Waals surface area (Å²) in [5, 5.41) is 2.23. The van der Waals surface area contributed by atoms with E-state index in [9.17, 15) is 9.59 Å². The molecule has 1 fully saturated rings. The second-order valence-corrected chi connectivity index (χ2v) is 4.62. The topological polar surface area (TPSA) is 55.4 Å². The summed E-state index contributed by atoms with van der Waals surface area (Å²) in [5.74, 6) is -0.421. The maximum atomic E-state index is 12.3. The molecular formula is C15H9NO3. The fraction of sp³-hybridized carbons (Fsp3) is 0.0667. The van der Waals surface area contributed by atoms with Gasteiger partial charge in [-0.25, -0.2) is 4.79 Å². The molecular weight excluding hydrogens is 242 g/mol. The molecule has 1 aliphatic heterocycles. The smallest absolute Gasteiger partial charge is 0.415 e. The second-order valence-electron chi connectivity index (χ2n) is 4.62. The van der Waals surface area contributed by atoms with E-state index >= 15 is 0 Å². The molecule has 1 heterocycles. The van der Waals surface area contributed by atoms with Gasteiger partial charge in [0.2, 0.25) is 5.60 Å². The lowest BCUT2D eigenvalue weighted by molar-refractivity contribution is -0.128. The van der Waals surface area contributed by atoms with Gasteiger partial charge >= 0.3 is 6.09 Å². The molecule has 19 heavy (non-hydrogen) atoms. The Balaban J connectivity index is 2.13. The van der Waals surface area contributed by atoms with Gasteiger partial charge in [0.1, 0.15) is 0 Å². The molecule has 4 nitrogen and oxygen atoms in total. The average molecular weight is 251 g/mol. The molecule has 2 aliphatic rings. The predicted molar refractivity (Wildman–Crippen MR) is 67.3 cm³/mol. The van der Waals surface area contributed by atoms with Gasteiger partial charge in [-0.05, 0) is 11.1 Å². The number of carbonyl (C=O) groups is 2. The highest BCUT2D eigenvalue weighted by atomic mass is 16.6. The first kappa shape index (κ1) is 10.3. The quantitative estimate of drug-likeness (QED) is 0.780. The van der Waals surface area contributed by atoms with Gasteiger partial charge in [-0.1, -0.05) is 48.5 Å². The highest BCUT2D eigenvalue weighted by Gasteiger charge is 2.57. The van der Waals surface area contributed by atoms with E-state index < -0.39 is 17.6 Å². The molecule has 0 unspecified atom stereocenters. The zero-order valence-electron chi connectivity index (χ0n) is 9.84. The summed E-state index contributed by atoms with van der Waals surface area (Å²) in [7, 11) is 0. The Hall–Kier alpha value is -2.62. The first-order chi connectivity index (χ1) is 9.23. The number of hydrogen-bond donors (Lipinski definition) is 1. The highest BCUT2D eigenvalue weighted by Crippen LogP contribution is 2.51. The zero-order valence-corrected chi connectivity index (χ0v) is 9.84. The average Bonchev–Trinajstić information content (AvgIpc) is 2.89. The van der Waals surface area contributed by atoms with Crippen molar-refractivity contribution in [1.29, 1.82) is 0 Å². The molecule has 92 valence electrons. The summed E-state index contributed by atoms with van der Waals surface area (Å²) < 4.78 is 5.38. The van der Waals surface area contributed by atoms with Crippen LogP contribution in [0.15, 0.2) is 48.5 Å². The van der Waals surface area contributed by atoms with Crippen molar-refractivity contribution in [2.45, 2.75) is 5.60 Å². The summed E-state index contributed by atoms with van der Waals surface area (Å²) >= 11 is 0. The molecule has 0 atom stereocenters. The molecule has 1 N–H and O–H groups in total. The zero-order chi connectivity index (χ0) is 13.0. The third-order valence-corrected chi connectivity index (χ3v) is 3.68. The summed E-state index contributed by atoms with van der Waals surface area (Å²) in [5.41, 5.74) is 1.99. The van der Waals surface area contributed by atoms with Gasteiger partial charge in [0.15, 0.2) is 0 Å². The number of amides is 2. The lowest BCUT2D eigenvalue weighted by Gasteiger charge is -2.21. The van der Waals surface area contributed by atoms with Gasteiger partial charge < -0.3 is 4.74 Å². The van der Waals surface area contributed by atoms with Crippen molar-refractivity contribution in [3.05, 3.63) is 59.7 Å². The molecule has 0 saturated carbocycles. The number of alkyl carbamates (subject to hydrolysis) is 1. The van der Waals surface area contributed by atoms with Crippen LogP contribution in [0.2, 0.25) is 0 Å². The number of hydrogen-bond acceptors (Lipinski definition) is 3. The van der Waals surface area contributed by atoms with Gasteiger partial charge in [0.25, 0.3) is 5.91 Å². The molecule has 1 spiro atoms. The molecule has 2 aromatic rings. The van der Waals surface area contributed by atoms with Gasteiger partial charge in [-0.3, -0.25) is 10.1 Å². The molecule has 1 saturated heterocycles. The lowest BCUT2D eigenvalue weighted by Crippen LogP contribution is -2.35. The maximum Gasteiger partial charge on any atom is 0.415 e. The Labute approximate surface area is 109 Å². The van der Waals surface area contributed by atoms with Crippen LogP contribution in [0.3, 0.4) is 0 Å². The molecule has 4 heteroatoms. The third kappa shape index (κ3) is 1.08. The standard InChI is InChI=1S/C15H9NO3/c17-13-15(19-14(18)16-13)11-7-3-1-5-9(11)10-6-2-4-8-12(10)15/h1-8H,(H,16,17,18). The molecule has 0 aromatic heterocycles. The van der Waals surface area contributed by atoms with Crippen LogP contribution in [0.4, 0.5) is 4.79 Å². The minimum absolute atomic E-state index is 0.421. The van der Waals surface area contributed by atoms with Crippen LogP contribution in [0.5, 0.6) is 0 Å². The normalized spacial score (nSPS) is 17.9. The van der Waals surface area contributed by atoms with E-state index in [1.165, 1.54) is 0 Å². The number of nitrogens with one attached hydrogen (secondary N) is 1. The van der Waals surface area contributed by atoms with Gasteiger partial charge in [-0.2, -0.15) is 0 Å².